The summed E-state index contributed by atoms with van der Waals surface area (Å²) >= 11 is 0. The van der Waals surface area contributed by atoms with E-state index in [9.17, 15) is 0 Å². The molecule has 5 rings (SSSR count). The molecule has 0 amide bonds. The molecule has 4 aromatic carbocycles. The number of nitrogens with one attached hydrogen (secondary N) is 1. The minimum atomic E-state index is -1.67. The average molecular weight is 441 g/mol. The van der Waals surface area contributed by atoms with Crippen LogP contribution in [0, 0.1) is 13.8 Å². The van der Waals surface area contributed by atoms with Crippen LogP contribution in [0.5, 0.6) is 5.75 Å². The van der Waals surface area contributed by atoms with Gasteiger partial charge in [-0.15, -0.1) is 0 Å². The molecule has 0 aliphatic heterocycles. The first-order valence-electron chi connectivity index (χ1n) is 10.6. The fourth-order valence-electron chi connectivity index (χ4n) is 3.85. The van der Waals surface area contributed by atoms with Gasteiger partial charge in [0.1, 0.15) is 16.9 Å². The van der Waals surface area contributed by atoms with Gasteiger partial charge in [-0.05, 0) is 43.2 Å². The van der Waals surface area contributed by atoms with Crippen molar-refractivity contribution in [3.63, 3.8) is 0 Å². The van der Waals surface area contributed by atoms with Crippen molar-refractivity contribution in [3.8, 4) is 5.75 Å². The Labute approximate surface area is 188 Å². The Morgan fingerprint density at radius 1 is 0.688 bits per heavy atom. The van der Waals surface area contributed by atoms with E-state index in [0.717, 1.165) is 38.9 Å². The zero-order chi connectivity index (χ0) is 21.9. The lowest BCUT2D eigenvalue weighted by Crippen LogP contribution is -2.03. The van der Waals surface area contributed by atoms with E-state index in [1.165, 1.54) is 11.1 Å². The lowest BCUT2D eigenvalue weighted by atomic mass is 10.1. The van der Waals surface area contributed by atoms with E-state index in [4.69, 9.17) is 12.9 Å². The summed E-state index contributed by atoms with van der Waals surface area (Å²) in [5, 5.41) is 5.57. The first-order chi connectivity index (χ1) is 15.7. The molecule has 0 aliphatic carbocycles. The minimum absolute atomic E-state index is 0.637. The molecule has 0 radical (unpaired) electrons. The number of anilines is 1. The van der Waals surface area contributed by atoms with Crippen molar-refractivity contribution in [2.75, 3.05) is 5.32 Å². The van der Waals surface area contributed by atoms with E-state index >= 15 is 0 Å². The fraction of sp³-hybridized carbons (Fsp3) is 0.111. The number of hydrogen-bond donors (Lipinski definition) is 1. The molecule has 0 fully saturated rings. The Bertz CT molecular complexity index is 1360. The van der Waals surface area contributed by atoms with Crippen molar-refractivity contribution in [1.82, 2.24) is 0 Å². The van der Waals surface area contributed by atoms with Crippen molar-refractivity contribution in [1.29, 1.82) is 0 Å². The fourth-order valence-corrected chi connectivity index (χ4v) is 4.94. The maximum Gasteiger partial charge on any atom is 0.453 e. The Balaban J connectivity index is 1.52. The Morgan fingerprint density at radius 2 is 1.25 bits per heavy atom. The zero-order valence-electron chi connectivity index (χ0n) is 18.0. The summed E-state index contributed by atoms with van der Waals surface area (Å²) in [6.07, 6.45) is 0. The smallest absolute Gasteiger partial charge is 0.390 e. The molecule has 4 nitrogen and oxygen atoms in total. The van der Waals surface area contributed by atoms with E-state index in [0.29, 0.717) is 6.54 Å². The molecule has 1 aromatic heterocycles. The molecule has 0 saturated heterocycles. The van der Waals surface area contributed by atoms with E-state index < -0.39 is 8.24 Å². The summed E-state index contributed by atoms with van der Waals surface area (Å²) < 4.78 is 18.7. The minimum Gasteiger partial charge on any atom is -0.390 e. The largest absolute Gasteiger partial charge is 0.453 e. The zero-order valence-corrected chi connectivity index (χ0v) is 18.9. The second kappa shape index (κ2) is 8.86. The first kappa shape index (κ1) is 20.3. The molecule has 5 heteroatoms. The molecule has 0 unspecified atom stereocenters. The highest BCUT2D eigenvalue weighted by Crippen LogP contribution is 2.38. The van der Waals surface area contributed by atoms with Gasteiger partial charge in [-0.25, -0.2) is 0 Å². The van der Waals surface area contributed by atoms with Crippen LogP contribution in [0.2, 0.25) is 0 Å². The molecule has 160 valence electrons. The van der Waals surface area contributed by atoms with E-state index in [-0.39, 0.29) is 0 Å². The van der Waals surface area contributed by atoms with Gasteiger partial charge in [-0.2, -0.15) is 0 Å². The van der Waals surface area contributed by atoms with Gasteiger partial charge in [0, 0.05) is 28.6 Å². The van der Waals surface area contributed by atoms with E-state index in [1.54, 1.807) is 0 Å². The van der Waals surface area contributed by atoms with Crippen LogP contribution in [0.1, 0.15) is 16.7 Å². The summed E-state index contributed by atoms with van der Waals surface area (Å²) in [5.41, 5.74) is 6.14. The second-order valence-corrected chi connectivity index (χ2v) is 8.71. The standard InChI is InChI=1S/C27H24NO3P/c1-19-10-9-11-20(2)27(19)28-18-21-12-3-6-15-24(21)29-32-30-25-16-7-4-13-22(25)23-14-5-8-17-26(23)31-32/h3-17,28H,18H2,1-2H3. The summed E-state index contributed by atoms with van der Waals surface area (Å²) in [6.45, 7) is 4.87. The third kappa shape index (κ3) is 4.10. The van der Waals surface area contributed by atoms with Gasteiger partial charge in [-0.1, -0.05) is 72.8 Å². The molecular formula is C27H24NO3P. The third-order valence-electron chi connectivity index (χ3n) is 5.49. The topological polar surface area (TPSA) is 47.5 Å². The SMILES string of the molecule is Cc1cccc(C)c1NCc1ccccc1Op1oc2ccccc2c2ccccc2o1. The van der Waals surface area contributed by atoms with Gasteiger partial charge in [0.25, 0.3) is 0 Å². The number of benzene rings is 4. The van der Waals surface area contributed by atoms with Crippen LogP contribution in [-0.2, 0) is 6.54 Å². The first-order valence-corrected chi connectivity index (χ1v) is 11.7. The highest BCUT2D eigenvalue weighted by molar-refractivity contribution is 7.32. The highest BCUT2D eigenvalue weighted by atomic mass is 31.1. The molecular weight excluding hydrogens is 417 g/mol. The maximum atomic E-state index is 6.31. The van der Waals surface area contributed by atoms with Gasteiger partial charge >= 0.3 is 8.24 Å². The van der Waals surface area contributed by atoms with Crippen LogP contribution in [0.3, 0.4) is 0 Å². The van der Waals surface area contributed by atoms with Gasteiger partial charge in [0.05, 0.1) is 0 Å². The van der Waals surface area contributed by atoms with Crippen molar-refractivity contribution >= 4 is 35.9 Å². The Morgan fingerprint density at radius 3 is 1.91 bits per heavy atom. The summed E-state index contributed by atoms with van der Waals surface area (Å²) in [4.78, 5) is 0. The monoisotopic (exact) mass is 441 g/mol. The van der Waals surface area contributed by atoms with Gasteiger partial charge in [0.2, 0.25) is 0 Å². The van der Waals surface area contributed by atoms with Crippen molar-refractivity contribution < 1.29 is 12.9 Å². The predicted octanol–water partition coefficient (Wildman–Crippen LogP) is 8.36. The molecule has 0 bridgehead atoms. The van der Waals surface area contributed by atoms with Crippen LogP contribution >= 0.6 is 8.24 Å². The number of rotatable bonds is 5. The predicted molar refractivity (Wildman–Crippen MR) is 132 cm³/mol. The van der Waals surface area contributed by atoms with Crippen LogP contribution in [-0.4, -0.2) is 0 Å². The molecule has 1 heterocycles. The van der Waals surface area contributed by atoms with Gasteiger partial charge in [0.15, 0.2) is 0 Å². The van der Waals surface area contributed by atoms with Gasteiger partial charge < -0.3 is 18.2 Å². The van der Waals surface area contributed by atoms with E-state index in [2.05, 4.69) is 43.4 Å². The van der Waals surface area contributed by atoms with Crippen molar-refractivity contribution in [2.45, 2.75) is 20.4 Å². The average Bonchev–Trinajstić information content (AvgIpc) is 2.96. The quantitative estimate of drug-likeness (QED) is 0.298. The van der Waals surface area contributed by atoms with Crippen molar-refractivity contribution in [2.24, 2.45) is 0 Å². The number of para-hydroxylation sites is 4. The van der Waals surface area contributed by atoms with Crippen LogP contribution in [0.15, 0.2) is 99.4 Å². The number of aryl methyl sites for hydroxylation is 2. The summed E-state index contributed by atoms with van der Waals surface area (Å²) in [6, 6.07) is 30.2. The second-order valence-electron chi connectivity index (χ2n) is 7.72. The third-order valence-corrected chi connectivity index (χ3v) is 6.53. The van der Waals surface area contributed by atoms with Gasteiger partial charge in [-0.3, -0.25) is 0 Å². The Hall–Kier alpha value is -3.62. The van der Waals surface area contributed by atoms with Crippen LogP contribution in [0.25, 0.3) is 21.9 Å². The summed E-state index contributed by atoms with van der Waals surface area (Å²) in [7, 11) is -1.67. The Kier molecular flexibility index (Phi) is 5.62. The molecule has 0 atom stereocenters. The lowest BCUT2D eigenvalue weighted by molar-refractivity contribution is 0.495. The maximum absolute atomic E-state index is 6.31. The van der Waals surface area contributed by atoms with E-state index in [1.807, 2.05) is 66.7 Å². The molecule has 0 spiro atoms. The molecule has 5 aromatic rings. The highest BCUT2D eigenvalue weighted by Gasteiger charge is 2.11. The lowest BCUT2D eigenvalue weighted by Gasteiger charge is -2.14. The van der Waals surface area contributed by atoms with Crippen molar-refractivity contribution in [3.05, 3.63) is 108 Å². The molecule has 0 aliphatic rings. The van der Waals surface area contributed by atoms with Crippen LogP contribution in [0.4, 0.5) is 5.69 Å². The molecule has 1 N–H and O–H groups in total. The number of hydrogen-bond acceptors (Lipinski definition) is 4. The molecule has 0 saturated carbocycles. The summed E-state index contributed by atoms with van der Waals surface area (Å²) in [5.74, 6) is 0.745. The molecule has 32 heavy (non-hydrogen) atoms. The normalized spacial score (nSPS) is 10.9. The van der Waals surface area contributed by atoms with Crippen LogP contribution < -0.4 is 9.84 Å². The number of fused-ring (bicyclic) bond motifs is 3.